The van der Waals surface area contributed by atoms with Crippen LogP contribution in [0.4, 0.5) is 10.1 Å². The van der Waals surface area contributed by atoms with Crippen LogP contribution in [0, 0.1) is 5.82 Å². The highest BCUT2D eigenvalue weighted by atomic mass is 19.1. The van der Waals surface area contributed by atoms with Crippen LogP contribution in [0.2, 0.25) is 0 Å². The van der Waals surface area contributed by atoms with E-state index in [1.807, 2.05) is 0 Å². The van der Waals surface area contributed by atoms with Gasteiger partial charge >= 0.3 is 5.69 Å². The summed E-state index contributed by atoms with van der Waals surface area (Å²) >= 11 is 0. The van der Waals surface area contributed by atoms with Crippen LogP contribution in [0.5, 0.6) is 11.6 Å². The number of methoxy groups -OCH3 is 1. The molecule has 0 unspecified atom stereocenters. The van der Waals surface area contributed by atoms with Crippen LogP contribution in [0.3, 0.4) is 0 Å². The average Bonchev–Trinajstić information content (AvgIpc) is 2.62. The number of ether oxygens (including phenoxy) is 1. The summed E-state index contributed by atoms with van der Waals surface area (Å²) in [5, 5.41) is 10.4. The number of hydrogen-bond acceptors (Lipinski definition) is 5. The summed E-state index contributed by atoms with van der Waals surface area (Å²) in [6.07, 6.45) is 1.07. The monoisotopic (exact) mass is 355 g/mol. The third kappa shape index (κ3) is 3.39. The molecule has 0 spiro atoms. The number of aromatic amines is 1. The summed E-state index contributed by atoms with van der Waals surface area (Å²) in [5.74, 6) is -0.497. The average molecular weight is 355 g/mol. The highest BCUT2D eigenvalue weighted by Crippen LogP contribution is 2.19. The van der Waals surface area contributed by atoms with Crippen molar-refractivity contribution in [3.05, 3.63) is 80.7 Å². The lowest BCUT2D eigenvalue weighted by Crippen LogP contribution is -2.31. The van der Waals surface area contributed by atoms with Gasteiger partial charge in [0.15, 0.2) is 0 Å². The lowest BCUT2D eigenvalue weighted by Gasteiger charge is -2.10. The molecule has 0 aliphatic heterocycles. The summed E-state index contributed by atoms with van der Waals surface area (Å²) in [7, 11) is 1.50. The summed E-state index contributed by atoms with van der Waals surface area (Å²) in [6, 6.07) is 11.7. The first kappa shape index (κ1) is 17.2. The molecular formula is C18H14FN3O4. The molecule has 0 radical (unpaired) electrons. The standard InChI is InChI=1S/C18H14FN3O4/c1-26-14-7-5-13(6-8-14)22-17(24)15(16(23)21-18(22)25)10-20-12-4-2-3-11(19)9-12/h2-10,24H,1H3,(H,21,23,25). The number of aromatic nitrogens is 2. The van der Waals surface area contributed by atoms with E-state index in [0.29, 0.717) is 11.4 Å². The molecule has 132 valence electrons. The lowest BCUT2D eigenvalue weighted by molar-refractivity contribution is 0.414. The Kier molecular flexibility index (Phi) is 4.66. The number of aliphatic imine (C=N–C) groups is 1. The summed E-state index contributed by atoms with van der Waals surface area (Å²) < 4.78 is 19.2. The van der Waals surface area contributed by atoms with Gasteiger partial charge in [-0.3, -0.25) is 14.8 Å². The van der Waals surface area contributed by atoms with Gasteiger partial charge in [0.1, 0.15) is 17.1 Å². The Hall–Kier alpha value is -3.68. The number of H-pyrrole nitrogens is 1. The minimum Gasteiger partial charge on any atom is -0.497 e. The minimum atomic E-state index is -0.808. The van der Waals surface area contributed by atoms with Gasteiger partial charge in [0.05, 0.1) is 18.5 Å². The second kappa shape index (κ2) is 7.06. The van der Waals surface area contributed by atoms with E-state index >= 15 is 0 Å². The number of hydrogen-bond donors (Lipinski definition) is 2. The van der Waals surface area contributed by atoms with Gasteiger partial charge in [-0.25, -0.2) is 13.8 Å². The van der Waals surface area contributed by atoms with Gasteiger partial charge in [-0.2, -0.15) is 0 Å². The Morgan fingerprint density at radius 3 is 2.58 bits per heavy atom. The SMILES string of the molecule is COc1ccc(-n2c(O)c(C=Nc3cccc(F)c3)c(=O)[nH]c2=O)cc1. The third-order valence-corrected chi connectivity index (χ3v) is 3.60. The predicted octanol–water partition coefficient (Wildman–Crippen LogP) is 2.13. The Balaban J connectivity index is 2.09. The van der Waals surface area contributed by atoms with Gasteiger partial charge < -0.3 is 9.84 Å². The van der Waals surface area contributed by atoms with E-state index in [1.54, 1.807) is 24.3 Å². The number of nitrogens with one attached hydrogen (secondary N) is 1. The predicted molar refractivity (Wildman–Crippen MR) is 94.5 cm³/mol. The van der Waals surface area contributed by atoms with E-state index in [0.717, 1.165) is 10.8 Å². The maximum atomic E-state index is 13.2. The molecule has 26 heavy (non-hydrogen) atoms. The van der Waals surface area contributed by atoms with Gasteiger partial charge in [-0.15, -0.1) is 0 Å². The molecule has 0 aliphatic rings. The second-order valence-corrected chi connectivity index (χ2v) is 5.27. The molecule has 0 saturated heterocycles. The molecule has 7 nitrogen and oxygen atoms in total. The number of aromatic hydroxyl groups is 1. The zero-order chi connectivity index (χ0) is 18.7. The molecule has 2 N–H and O–H groups in total. The Labute approximate surface area is 146 Å². The normalized spacial score (nSPS) is 11.0. The third-order valence-electron chi connectivity index (χ3n) is 3.60. The van der Waals surface area contributed by atoms with Crippen molar-refractivity contribution in [3.63, 3.8) is 0 Å². The van der Waals surface area contributed by atoms with Crippen molar-refractivity contribution in [1.29, 1.82) is 0 Å². The smallest absolute Gasteiger partial charge is 0.335 e. The largest absolute Gasteiger partial charge is 0.497 e. The van der Waals surface area contributed by atoms with E-state index < -0.39 is 22.9 Å². The van der Waals surface area contributed by atoms with Gasteiger partial charge in [0.25, 0.3) is 5.56 Å². The molecule has 0 amide bonds. The highest BCUT2D eigenvalue weighted by Gasteiger charge is 2.14. The summed E-state index contributed by atoms with van der Waals surface area (Å²) in [5.41, 5.74) is -1.27. The Morgan fingerprint density at radius 2 is 1.92 bits per heavy atom. The Morgan fingerprint density at radius 1 is 1.19 bits per heavy atom. The first-order valence-corrected chi connectivity index (χ1v) is 7.52. The van der Waals surface area contributed by atoms with Crippen LogP contribution >= 0.6 is 0 Å². The van der Waals surface area contributed by atoms with Gasteiger partial charge in [0.2, 0.25) is 5.88 Å². The van der Waals surface area contributed by atoms with Crippen LogP contribution in [0.1, 0.15) is 5.56 Å². The van der Waals surface area contributed by atoms with E-state index in [2.05, 4.69) is 9.98 Å². The molecule has 3 aromatic rings. The number of benzene rings is 2. The summed E-state index contributed by atoms with van der Waals surface area (Å²) in [6.45, 7) is 0. The topological polar surface area (TPSA) is 96.7 Å². The zero-order valence-electron chi connectivity index (χ0n) is 13.6. The molecular weight excluding hydrogens is 341 g/mol. The molecule has 0 atom stereocenters. The number of halogens is 1. The van der Waals surface area contributed by atoms with Crippen LogP contribution in [0.25, 0.3) is 5.69 Å². The summed E-state index contributed by atoms with van der Waals surface area (Å²) in [4.78, 5) is 30.2. The van der Waals surface area contributed by atoms with Crippen molar-refractivity contribution < 1.29 is 14.2 Å². The van der Waals surface area contributed by atoms with E-state index in [4.69, 9.17) is 4.74 Å². The first-order chi connectivity index (χ1) is 12.5. The van der Waals surface area contributed by atoms with Crippen molar-refractivity contribution in [2.75, 3.05) is 7.11 Å². The molecule has 0 bridgehead atoms. The fourth-order valence-electron chi connectivity index (χ4n) is 2.32. The zero-order valence-corrected chi connectivity index (χ0v) is 13.6. The van der Waals surface area contributed by atoms with Crippen LogP contribution < -0.4 is 16.0 Å². The molecule has 1 heterocycles. The first-order valence-electron chi connectivity index (χ1n) is 7.52. The van der Waals surface area contributed by atoms with Crippen molar-refractivity contribution in [1.82, 2.24) is 9.55 Å². The lowest BCUT2D eigenvalue weighted by atomic mass is 10.2. The second-order valence-electron chi connectivity index (χ2n) is 5.27. The molecule has 0 aliphatic carbocycles. The molecule has 0 saturated carbocycles. The van der Waals surface area contributed by atoms with Gasteiger partial charge in [-0.05, 0) is 42.5 Å². The van der Waals surface area contributed by atoms with Gasteiger partial charge in [-0.1, -0.05) is 6.07 Å². The molecule has 1 aromatic heterocycles. The number of rotatable bonds is 4. The van der Waals surface area contributed by atoms with Crippen molar-refractivity contribution in [2.24, 2.45) is 4.99 Å². The fraction of sp³-hybridized carbons (Fsp3) is 0.0556. The maximum absolute atomic E-state index is 13.2. The highest BCUT2D eigenvalue weighted by molar-refractivity contribution is 5.84. The van der Waals surface area contributed by atoms with Crippen LogP contribution in [0.15, 0.2) is 63.1 Å². The molecule has 8 heteroatoms. The number of nitrogens with zero attached hydrogens (tertiary/aromatic N) is 2. The van der Waals surface area contributed by atoms with Crippen molar-refractivity contribution >= 4 is 11.9 Å². The Bertz CT molecular complexity index is 1080. The van der Waals surface area contributed by atoms with E-state index in [1.165, 1.54) is 31.4 Å². The quantitative estimate of drug-likeness (QED) is 0.701. The van der Waals surface area contributed by atoms with Crippen LogP contribution in [-0.2, 0) is 0 Å². The fourth-order valence-corrected chi connectivity index (χ4v) is 2.32. The minimum absolute atomic E-state index is 0.232. The van der Waals surface area contributed by atoms with Crippen molar-refractivity contribution in [2.45, 2.75) is 0 Å². The van der Waals surface area contributed by atoms with Gasteiger partial charge in [0, 0.05) is 6.21 Å². The molecule has 3 rings (SSSR count). The van der Waals surface area contributed by atoms with E-state index in [9.17, 15) is 19.1 Å². The van der Waals surface area contributed by atoms with E-state index in [-0.39, 0.29) is 11.3 Å². The molecule has 0 fully saturated rings. The molecule has 2 aromatic carbocycles. The maximum Gasteiger partial charge on any atom is 0.335 e. The van der Waals surface area contributed by atoms with Crippen molar-refractivity contribution in [3.8, 4) is 17.3 Å². The van der Waals surface area contributed by atoms with Crippen LogP contribution in [-0.4, -0.2) is 28.0 Å².